The Kier molecular flexibility index (Phi) is 7.06. The maximum Gasteiger partial charge on any atom is 0.253 e. The number of aliphatic hydroxyl groups is 1. The maximum atomic E-state index is 12.4. The normalized spacial score (nSPS) is 16.8. The molecule has 0 radical (unpaired) electrons. The van der Waals surface area contributed by atoms with Gasteiger partial charge in [0.1, 0.15) is 5.82 Å². The molecular formula is C21H28N8O2. The number of anilines is 3. The molecule has 1 atom stereocenters. The van der Waals surface area contributed by atoms with E-state index < -0.39 is 6.10 Å². The Morgan fingerprint density at radius 1 is 1.32 bits per heavy atom. The average molecular weight is 425 g/mol. The number of nitrogens with one attached hydrogen (secondary N) is 1. The molecule has 0 aliphatic carbocycles. The third-order valence-corrected chi connectivity index (χ3v) is 5.09. The molecule has 10 nitrogen and oxygen atoms in total. The molecule has 2 heterocycles. The van der Waals surface area contributed by atoms with Gasteiger partial charge in [0, 0.05) is 31.3 Å². The molecule has 3 rings (SSSR count). The molecule has 1 aromatic heterocycles. The Labute approximate surface area is 180 Å². The molecule has 164 valence electrons. The second-order valence-corrected chi connectivity index (χ2v) is 7.39. The molecule has 0 bridgehead atoms. The summed E-state index contributed by atoms with van der Waals surface area (Å²) in [6, 6.07) is 8.95. The smallest absolute Gasteiger partial charge is 0.253 e. The minimum Gasteiger partial charge on any atom is -0.404 e. The number of rotatable bonds is 7. The van der Waals surface area contributed by atoms with Crippen molar-refractivity contribution < 1.29 is 9.90 Å². The van der Waals surface area contributed by atoms with Crippen LogP contribution in [0, 0.1) is 0 Å². The third-order valence-electron chi connectivity index (χ3n) is 5.09. The molecular weight excluding hydrogens is 396 g/mol. The Bertz CT molecular complexity index is 988. The van der Waals surface area contributed by atoms with E-state index >= 15 is 0 Å². The fourth-order valence-corrected chi connectivity index (χ4v) is 3.38. The number of likely N-dealkylation sites (tertiary alicyclic amines) is 1. The highest BCUT2D eigenvalue weighted by molar-refractivity contribution is 5.94. The van der Waals surface area contributed by atoms with Crippen LogP contribution in [0.25, 0.3) is 0 Å². The van der Waals surface area contributed by atoms with Gasteiger partial charge in [-0.25, -0.2) is 10.8 Å². The van der Waals surface area contributed by atoms with Crippen molar-refractivity contribution in [2.75, 3.05) is 30.0 Å². The van der Waals surface area contributed by atoms with Gasteiger partial charge in [-0.1, -0.05) is 12.1 Å². The van der Waals surface area contributed by atoms with E-state index in [4.69, 9.17) is 23.0 Å². The summed E-state index contributed by atoms with van der Waals surface area (Å²) in [4.78, 5) is 22.6. The highest BCUT2D eigenvalue weighted by Gasteiger charge is 2.25. The van der Waals surface area contributed by atoms with E-state index in [1.165, 1.54) is 6.20 Å². The zero-order valence-corrected chi connectivity index (χ0v) is 17.2. The second kappa shape index (κ2) is 9.92. The predicted octanol–water partition coefficient (Wildman–Crippen LogP) is 0.395. The highest BCUT2D eigenvalue weighted by atomic mass is 16.3. The molecule has 1 fully saturated rings. The monoisotopic (exact) mass is 424 g/mol. The van der Waals surface area contributed by atoms with Crippen molar-refractivity contribution in [3.05, 3.63) is 58.8 Å². The molecule has 1 unspecified atom stereocenters. The van der Waals surface area contributed by atoms with Crippen LogP contribution in [0.3, 0.4) is 0 Å². The number of amides is 1. The van der Waals surface area contributed by atoms with Crippen molar-refractivity contribution in [3.63, 3.8) is 0 Å². The largest absolute Gasteiger partial charge is 0.404 e. The molecule has 31 heavy (non-hydrogen) atoms. The van der Waals surface area contributed by atoms with Crippen LogP contribution in [0.1, 0.15) is 27.9 Å². The Hall–Kier alpha value is -3.63. The maximum absolute atomic E-state index is 12.4. The number of nitrogens with zero attached hydrogens (tertiary/aromatic N) is 3. The zero-order valence-electron chi connectivity index (χ0n) is 17.2. The Morgan fingerprint density at radius 2 is 2.06 bits per heavy atom. The van der Waals surface area contributed by atoms with E-state index in [0.717, 1.165) is 16.7 Å². The highest BCUT2D eigenvalue weighted by Crippen LogP contribution is 2.24. The molecule has 0 saturated carbocycles. The van der Waals surface area contributed by atoms with Gasteiger partial charge in [0.25, 0.3) is 5.91 Å². The quantitative estimate of drug-likeness (QED) is 0.210. The fourth-order valence-electron chi connectivity index (χ4n) is 3.38. The number of hydrogen-bond acceptors (Lipinski definition) is 9. The Morgan fingerprint density at radius 3 is 2.68 bits per heavy atom. The van der Waals surface area contributed by atoms with E-state index in [1.54, 1.807) is 29.3 Å². The first-order valence-corrected chi connectivity index (χ1v) is 9.89. The lowest BCUT2D eigenvalue weighted by atomic mass is 10.1. The van der Waals surface area contributed by atoms with Gasteiger partial charge in [0.05, 0.1) is 18.3 Å². The lowest BCUT2D eigenvalue weighted by Gasteiger charge is -2.15. The third kappa shape index (κ3) is 5.50. The first-order valence-electron chi connectivity index (χ1n) is 9.89. The molecule has 10 N–H and O–H groups in total. The fraction of sp³-hybridized carbons (Fsp3) is 0.286. The van der Waals surface area contributed by atoms with Crippen molar-refractivity contribution in [1.29, 1.82) is 0 Å². The molecule has 1 aliphatic rings. The van der Waals surface area contributed by atoms with Gasteiger partial charge < -0.3 is 32.6 Å². The number of aliphatic imine (C=N–C) groups is 1. The molecule has 1 aliphatic heterocycles. The number of benzene rings is 1. The number of aliphatic hydroxyl groups excluding tert-OH is 1. The van der Waals surface area contributed by atoms with Crippen LogP contribution in [0.15, 0.2) is 47.1 Å². The lowest BCUT2D eigenvalue weighted by molar-refractivity contribution is 0.0765. The number of pyridine rings is 1. The van der Waals surface area contributed by atoms with Gasteiger partial charge in [-0.15, -0.1) is 0 Å². The van der Waals surface area contributed by atoms with Crippen LogP contribution < -0.4 is 28.5 Å². The summed E-state index contributed by atoms with van der Waals surface area (Å²) in [6.07, 6.45) is 3.75. The molecule has 2 aromatic rings. The number of nitrogens with two attached hydrogens (primary N) is 4. The predicted molar refractivity (Wildman–Crippen MR) is 122 cm³/mol. The average Bonchev–Trinajstić information content (AvgIpc) is 3.21. The number of aromatic nitrogens is 1. The van der Waals surface area contributed by atoms with Gasteiger partial charge in [0.15, 0.2) is 5.82 Å². The number of hydrazine groups is 1. The number of nitrogen functional groups attached to an aromatic ring is 3. The van der Waals surface area contributed by atoms with Gasteiger partial charge in [-0.2, -0.15) is 0 Å². The SMILES string of the molecule is NC=C(C=NCc1ccc(C(=O)N2CCC(O)C2)cc1)Cc1cc(N)nc(NN)c1N. The number of hydrogen-bond donors (Lipinski definition) is 6. The standard InChI is InChI=1S/C21H28N8O2/c22-9-14(7-16-8-18(23)27-20(28-25)19(16)24)11-26-10-13-1-3-15(4-2-13)21(31)29-6-5-17(30)12-29/h1-4,8-9,11,17,30H,5-7,10,12,22,24-25H2,(H3,23,27,28). The van der Waals surface area contributed by atoms with Gasteiger partial charge in [-0.05, 0) is 47.5 Å². The van der Waals surface area contributed by atoms with Crippen molar-refractivity contribution in [2.45, 2.75) is 25.5 Å². The molecule has 1 amide bonds. The summed E-state index contributed by atoms with van der Waals surface area (Å²) >= 11 is 0. The zero-order chi connectivity index (χ0) is 22.4. The molecule has 1 aromatic carbocycles. The minimum atomic E-state index is -0.431. The van der Waals surface area contributed by atoms with Crippen LogP contribution in [-0.4, -0.2) is 46.3 Å². The topological polar surface area (TPSA) is 182 Å². The second-order valence-electron chi connectivity index (χ2n) is 7.39. The van der Waals surface area contributed by atoms with E-state index in [-0.39, 0.29) is 5.91 Å². The number of carbonyl (C=O) groups is 1. The summed E-state index contributed by atoms with van der Waals surface area (Å²) < 4.78 is 0. The Balaban J connectivity index is 1.60. The van der Waals surface area contributed by atoms with E-state index in [2.05, 4.69) is 15.4 Å². The first kappa shape index (κ1) is 22.1. The lowest BCUT2D eigenvalue weighted by Crippen LogP contribution is -2.29. The van der Waals surface area contributed by atoms with Crippen LogP contribution in [0.4, 0.5) is 17.3 Å². The van der Waals surface area contributed by atoms with Crippen molar-refractivity contribution in [1.82, 2.24) is 9.88 Å². The summed E-state index contributed by atoms with van der Waals surface area (Å²) in [7, 11) is 0. The van der Waals surface area contributed by atoms with Crippen molar-refractivity contribution >= 4 is 29.4 Å². The van der Waals surface area contributed by atoms with E-state index in [1.807, 2.05) is 12.1 Å². The molecule has 0 spiro atoms. The number of carbonyl (C=O) groups excluding carboxylic acids is 1. The van der Waals surface area contributed by atoms with Gasteiger partial charge >= 0.3 is 0 Å². The van der Waals surface area contributed by atoms with Crippen LogP contribution >= 0.6 is 0 Å². The molecule has 1 saturated heterocycles. The van der Waals surface area contributed by atoms with Crippen LogP contribution in [-0.2, 0) is 13.0 Å². The van der Waals surface area contributed by atoms with Crippen molar-refractivity contribution in [3.8, 4) is 0 Å². The summed E-state index contributed by atoms with van der Waals surface area (Å²) in [6.45, 7) is 1.39. The van der Waals surface area contributed by atoms with Crippen molar-refractivity contribution in [2.24, 2.45) is 16.6 Å². The van der Waals surface area contributed by atoms with Gasteiger partial charge in [0.2, 0.25) is 0 Å². The van der Waals surface area contributed by atoms with E-state index in [9.17, 15) is 9.90 Å². The summed E-state index contributed by atoms with van der Waals surface area (Å²) in [5, 5.41) is 9.60. The van der Waals surface area contributed by atoms with Crippen LogP contribution in [0.5, 0.6) is 0 Å². The number of allylic oxidation sites excluding steroid dienone is 1. The van der Waals surface area contributed by atoms with Gasteiger partial charge in [-0.3, -0.25) is 9.79 Å². The summed E-state index contributed by atoms with van der Waals surface area (Å²) in [5.41, 5.74) is 23.4. The minimum absolute atomic E-state index is 0.0690. The van der Waals surface area contributed by atoms with E-state index in [0.29, 0.717) is 55.4 Å². The number of β-amino-alcohol motifs (C(OH)–C–C–N with tert-alkyl or cyclic N) is 1. The van der Waals surface area contributed by atoms with Crippen LogP contribution in [0.2, 0.25) is 0 Å². The molecule has 10 heteroatoms. The first-order chi connectivity index (χ1) is 14.9. The summed E-state index contributed by atoms with van der Waals surface area (Å²) in [5.74, 6) is 5.95.